The summed E-state index contributed by atoms with van der Waals surface area (Å²) in [5, 5.41) is 9.13. The number of rotatable bonds is 4. The second-order valence-corrected chi connectivity index (χ2v) is 4.31. The summed E-state index contributed by atoms with van der Waals surface area (Å²) in [6.45, 7) is 1.40. The van der Waals surface area contributed by atoms with Crippen LogP contribution < -0.4 is 0 Å². The number of carbonyl (C=O) groups is 1. The number of aliphatic hydroxyl groups is 1. The predicted molar refractivity (Wildman–Crippen MR) is 42.7 cm³/mol. The quantitative estimate of drug-likeness (QED) is 0.620. The Balaban J connectivity index is 1.96. The first-order valence-corrected chi connectivity index (χ1v) is 4.39. The van der Waals surface area contributed by atoms with Crippen LogP contribution in [0.2, 0.25) is 0 Å². The molecule has 0 aromatic rings. The molecule has 1 aliphatic carbocycles. The lowest BCUT2D eigenvalue weighted by Crippen LogP contribution is -2.47. The molecule has 12 heavy (non-hydrogen) atoms. The molecule has 2 fully saturated rings. The van der Waals surface area contributed by atoms with Crippen molar-refractivity contribution in [1.29, 1.82) is 0 Å². The van der Waals surface area contributed by atoms with Crippen molar-refractivity contribution < 1.29 is 14.6 Å². The maximum atomic E-state index is 10.7. The highest BCUT2D eigenvalue weighted by Crippen LogP contribution is 2.53. The summed E-state index contributed by atoms with van der Waals surface area (Å²) in [5.74, 6) is 0. The molecule has 0 unspecified atom stereocenters. The SMILES string of the molecule is O=CC1(CC2(CO)COC2)CC1. The summed E-state index contributed by atoms with van der Waals surface area (Å²) < 4.78 is 5.07. The summed E-state index contributed by atoms with van der Waals surface area (Å²) in [4.78, 5) is 10.7. The standard InChI is InChI=1S/C9H14O3/c10-4-8(1-2-8)3-9(5-11)6-12-7-9/h4,11H,1-3,5-7H2. The van der Waals surface area contributed by atoms with Crippen molar-refractivity contribution in [3.63, 3.8) is 0 Å². The van der Waals surface area contributed by atoms with Gasteiger partial charge in [-0.2, -0.15) is 0 Å². The van der Waals surface area contributed by atoms with Crippen LogP contribution in [-0.4, -0.2) is 31.2 Å². The van der Waals surface area contributed by atoms with Gasteiger partial charge in [-0.25, -0.2) is 0 Å². The number of hydrogen-bond acceptors (Lipinski definition) is 3. The number of aliphatic hydroxyl groups excluding tert-OH is 1. The van der Waals surface area contributed by atoms with Crippen molar-refractivity contribution in [3.8, 4) is 0 Å². The van der Waals surface area contributed by atoms with Crippen molar-refractivity contribution in [2.24, 2.45) is 10.8 Å². The Morgan fingerprint density at radius 1 is 1.42 bits per heavy atom. The van der Waals surface area contributed by atoms with E-state index < -0.39 is 0 Å². The van der Waals surface area contributed by atoms with Gasteiger partial charge in [0.15, 0.2) is 0 Å². The topological polar surface area (TPSA) is 46.5 Å². The van der Waals surface area contributed by atoms with Gasteiger partial charge in [0.25, 0.3) is 0 Å². The first kappa shape index (κ1) is 8.20. The van der Waals surface area contributed by atoms with E-state index in [1.54, 1.807) is 0 Å². The minimum atomic E-state index is -0.0908. The molecule has 68 valence electrons. The van der Waals surface area contributed by atoms with Crippen LogP contribution in [0.25, 0.3) is 0 Å². The van der Waals surface area contributed by atoms with E-state index in [4.69, 9.17) is 9.84 Å². The molecule has 0 atom stereocenters. The van der Waals surface area contributed by atoms with Gasteiger partial charge in [0, 0.05) is 10.8 Å². The third-order valence-electron chi connectivity index (χ3n) is 3.02. The van der Waals surface area contributed by atoms with Crippen LogP contribution in [0.3, 0.4) is 0 Å². The lowest BCUT2D eigenvalue weighted by molar-refractivity contribution is -0.151. The summed E-state index contributed by atoms with van der Waals surface area (Å²) in [6, 6.07) is 0. The van der Waals surface area contributed by atoms with Gasteiger partial charge < -0.3 is 14.6 Å². The zero-order valence-electron chi connectivity index (χ0n) is 7.08. The molecule has 2 rings (SSSR count). The van der Waals surface area contributed by atoms with E-state index in [0.29, 0.717) is 13.2 Å². The first-order chi connectivity index (χ1) is 5.74. The molecular formula is C9H14O3. The van der Waals surface area contributed by atoms with Gasteiger partial charge >= 0.3 is 0 Å². The predicted octanol–water partition coefficient (Wildman–Crippen LogP) is 0.365. The van der Waals surface area contributed by atoms with E-state index in [-0.39, 0.29) is 17.4 Å². The highest BCUT2D eigenvalue weighted by atomic mass is 16.5. The van der Waals surface area contributed by atoms with Crippen molar-refractivity contribution in [1.82, 2.24) is 0 Å². The monoisotopic (exact) mass is 170 g/mol. The van der Waals surface area contributed by atoms with Gasteiger partial charge in [0.05, 0.1) is 19.8 Å². The summed E-state index contributed by atoms with van der Waals surface area (Å²) in [6.07, 6.45) is 3.87. The van der Waals surface area contributed by atoms with Crippen LogP contribution in [0.1, 0.15) is 19.3 Å². The van der Waals surface area contributed by atoms with E-state index in [9.17, 15) is 4.79 Å². The molecular weight excluding hydrogens is 156 g/mol. The number of carbonyl (C=O) groups excluding carboxylic acids is 1. The Morgan fingerprint density at radius 2 is 2.08 bits per heavy atom. The number of ether oxygens (including phenoxy) is 1. The van der Waals surface area contributed by atoms with Gasteiger partial charge in [-0.3, -0.25) is 0 Å². The van der Waals surface area contributed by atoms with Crippen LogP contribution >= 0.6 is 0 Å². The fraction of sp³-hybridized carbons (Fsp3) is 0.889. The second-order valence-electron chi connectivity index (χ2n) is 4.31. The molecule has 1 N–H and O–H groups in total. The van der Waals surface area contributed by atoms with Crippen LogP contribution in [0.15, 0.2) is 0 Å². The van der Waals surface area contributed by atoms with Gasteiger partial charge in [0.1, 0.15) is 6.29 Å². The van der Waals surface area contributed by atoms with Gasteiger partial charge in [-0.05, 0) is 19.3 Å². The molecule has 0 bridgehead atoms. The molecule has 0 spiro atoms. The zero-order chi connectivity index (χ0) is 8.66. The average molecular weight is 170 g/mol. The van der Waals surface area contributed by atoms with E-state index in [1.165, 1.54) is 0 Å². The molecule has 0 aromatic heterocycles. The molecule has 0 amide bonds. The number of aldehydes is 1. The molecule has 2 aliphatic rings. The van der Waals surface area contributed by atoms with Gasteiger partial charge in [-0.1, -0.05) is 0 Å². The third kappa shape index (κ3) is 1.17. The lowest BCUT2D eigenvalue weighted by Gasteiger charge is -2.41. The molecule has 0 aromatic carbocycles. The van der Waals surface area contributed by atoms with Gasteiger partial charge in [-0.15, -0.1) is 0 Å². The van der Waals surface area contributed by atoms with Crippen LogP contribution in [-0.2, 0) is 9.53 Å². The van der Waals surface area contributed by atoms with E-state index >= 15 is 0 Å². The van der Waals surface area contributed by atoms with Crippen LogP contribution in [0.4, 0.5) is 0 Å². The Labute approximate surface area is 71.7 Å². The fourth-order valence-electron chi connectivity index (χ4n) is 1.88. The molecule has 1 heterocycles. The molecule has 1 saturated heterocycles. The van der Waals surface area contributed by atoms with Crippen molar-refractivity contribution in [3.05, 3.63) is 0 Å². The highest BCUT2D eigenvalue weighted by Gasteiger charge is 2.51. The molecule has 0 radical (unpaired) electrons. The van der Waals surface area contributed by atoms with Crippen molar-refractivity contribution >= 4 is 6.29 Å². The van der Waals surface area contributed by atoms with Crippen LogP contribution in [0, 0.1) is 10.8 Å². The average Bonchev–Trinajstić information content (AvgIpc) is 2.78. The maximum absolute atomic E-state index is 10.7. The third-order valence-corrected chi connectivity index (χ3v) is 3.02. The fourth-order valence-corrected chi connectivity index (χ4v) is 1.88. The Morgan fingerprint density at radius 3 is 2.33 bits per heavy atom. The molecule has 3 nitrogen and oxygen atoms in total. The van der Waals surface area contributed by atoms with E-state index in [2.05, 4.69) is 0 Å². The summed E-state index contributed by atoms with van der Waals surface area (Å²) >= 11 is 0. The summed E-state index contributed by atoms with van der Waals surface area (Å²) in [5.41, 5.74) is -0.177. The Kier molecular flexibility index (Phi) is 1.73. The Hall–Kier alpha value is -0.410. The van der Waals surface area contributed by atoms with Crippen molar-refractivity contribution in [2.45, 2.75) is 19.3 Å². The maximum Gasteiger partial charge on any atom is 0.126 e. The van der Waals surface area contributed by atoms with Crippen molar-refractivity contribution in [2.75, 3.05) is 19.8 Å². The normalized spacial score (nSPS) is 29.1. The largest absolute Gasteiger partial charge is 0.396 e. The van der Waals surface area contributed by atoms with Gasteiger partial charge in [0.2, 0.25) is 0 Å². The van der Waals surface area contributed by atoms with E-state index in [1.807, 2.05) is 0 Å². The smallest absolute Gasteiger partial charge is 0.126 e. The minimum absolute atomic E-state index is 0.0859. The molecule has 1 aliphatic heterocycles. The Bertz CT molecular complexity index is 186. The molecule has 1 saturated carbocycles. The number of hydrogen-bond donors (Lipinski definition) is 1. The summed E-state index contributed by atoms with van der Waals surface area (Å²) in [7, 11) is 0. The lowest BCUT2D eigenvalue weighted by atomic mass is 9.77. The van der Waals surface area contributed by atoms with E-state index in [0.717, 1.165) is 25.5 Å². The van der Waals surface area contributed by atoms with Crippen LogP contribution in [0.5, 0.6) is 0 Å². The first-order valence-electron chi connectivity index (χ1n) is 4.39. The zero-order valence-corrected chi connectivity index (χ0v) is 7.08. The second kappa shape index (κ2) is 2.54. The molecule has 3 heteroatoms. The highest BCUT2D eigenvalue weighted by molar-refractivity contribution is 5.63. The minimum Gasteiger partial charge on any atom is -0.396 e.